The lowest BCUT2D eigenvalue weighted by Crippen LogP contribution is -2.61. The molecule has 4 nitrogen and oxygen atoms in total. The Morgan fingerprint density at radius 3 is 1.57 bits per heavy atom. The third kappa shape index (κ3) is 5.56. The van der Waals surface area contributed by atoms with Gasteiger partial charge in [0.1, 0.15) is 0 Å². The second-order valence-electron chi connectivity index (χ2n) is 5.76. The summed E-state index contributed by atoms with van der Waals surface area (Å²) in [6, 6.07) is 0. The van der Waals surface area contributed by atoms with Crippen molar-refractivity contribution in [2.75, 3.05) is 12.9 Å². The van der Waals surface area contributed by atoms with E-state index in [0.717, 1.165) is 0 Å². The fourth-order valence-corrected chi connectivity index (χ4v) is 3.81. The fourth-order valence-electron chi connectivity index (χ4n) is 1.83. The summed E-state index contributed by atoms with van der Waals surface area (Å²) in [5, 5.41) is 0. The number of carbonyl (C=O) groups excluding carboxylic acids is 1. The molecule has 0 heterocycles. The van der Waals surface area contributed by atoms with Crippen LogP contribution in [0.3, 0.4) is 0 Å². The summed E-state index contributed by atoms with van der Waals surface area (Å²) in [6.07, 6.45) is -19.7. The van der Waals surface area contributed by atoms with Gasteiger partial charge in [-0.15, -0.1) is 0 Å². The number of esters is 1. The summed E-state index contributed by atoms with van der Waals surface area (Å²) in [4.78, 5) is 11.6. The molecule has 0 aromatic heterocycles. The van der Waals surface area contributed by atoms with E-state index in [1.807, 2.05) is 0 Å². The predicted molar refractivity (Wildman–Crippen MR) is 75.2 cm³/mol. The van der Waals surface area contributed by atoms with Crippen molar-refractivity contribution in [3.05, 3.63) is 0 Å². The smallest absolute Gasteiger partial charge is 0.460 e. The maximum Gasteiger partial charge on any atom is 0.460 e. The first-order valence-electron chi connectivity index (χ1n) is 7.16. The molecule has 0 amide bonds. The average Bonchev–Trinajstić information content (AvgIpc) is 2.55. The molecule has 0 saturated heterocycles. The van der Waals surface area contributed by atoms with Gasteiger partial charge in [-0.1, -0.05) is 11.6 Å². The number of rotatable bonds is 9. The first-order valence-corrected chi connectivity index (χ1v) is 9.19. The van der Waals surface area contributed by atoms with Gasteiger partial charge < -0.3 is 4.74 Å². The lowest BCUT2D eigenvalue weighted by molar-refractivity contribution is -0.396. The highest BCUT2D eigenvalue weighted by molar-refractivity contribution is 7.95. The van der Waals surface area contributed by atoms with Gasteiger partial charge in [-0.25, -0.2) is 13.2 Å². The molecule has 0 aliphatic heterocycles. The molecule has 0 N–H and O–H groups in total. The fraction of sp³-hybridized carbons (Fsp3) is 0.917. The van der Waals surface area contributed by atoms with Crippen LogP contribution in [-0.2, 0) is 19.4 Å². The van der Waals surface area contributed by atoms with E-state index in [0.29, 0.717) is 7.11 Å². The summed E-state index contributed by atoms with van der Waals surface area (Å²) in [6.45, 7) is 0. The number of halogens is 13. The molecule has 180 valence electrons. The molecule has 0 aromatic rings. The third-order valence-corrected chi connectivity index (χ3v) is 6.75. The maximum atomic E-state index is 13.6. The summed E-state index contributed by atoms with van der Waals surface area (Å²) in [7, 11) is -5.25. The Balaban J connectivity index is 6.01. The van der Waals surface area contributed by atoms with Crippen molar-refractivity contribution in [3.63, 3.8) is 0 Å². The quantitative estimate of drug-likeness (QED) is 0.254. The van der Waals surface area contributed by atoms with Crippen molar-refractivity contribution < 1.29 is 70.6 Å². The van der Waals surface area contributed by atoms with Gasteiger partial charge in [0, 0.05) is 6.42 Å². The van der Waals surface area contributed by atoms with Crippen molar-refractivity contribution >= 4 is 27.4 Å². The van der Waals surface area contributed by atoms with E-state index in [-0.39, 0.29) is 0 Å². The molecule has 1 unspecified atom stereocenters. The van der Waals surface area contributed by atoms with Crippen molar-refractivity contribution in [2.45, 2.75) is 53.6 Å². The second-order valence-corrected chi connectivity index (χ2v) is 8.96. The van der Waals surface area contributed by atoms with Crippen molar-refractivity contribution in [2.24, 2.45) is 0 Å². The number of hydrogen-bond donors (Lipinski definition) is 0. The first-order chi connectivity index (χ1) is 12.9. The molecule has 18 heteroatoms. The first kappa shape index (κ1) is 28.9. The van der Waals surface area contributed by atoms with E-state index in [2.05, 4.69) is 4.74 Å². The molecular formula is C12H11ClF12O4S. The standard InChI is InChI=1S/C12H11ClF12O4S/c1-29-6(26)7(13,30(27,28)5-4-9(16,17)18)2-3-8(14,15)10(19,20)11(21,22)12(23,24)25/h2-5H2,1H3. The Labute approximate surface area is 165 Å². The van der Waals surface area contributed by atoms with Crippen LogP contribution in [0.25, 0.3) is 0 Å². The van der Waals surface area contributed by atoms with E-state index in [1.54, 1.807) is 0 Å². The monoisotopic (exact) mass is 514 g/mol. The number of ether oxygens (including phenoxy) is 1. The normalized spacial score (nSPS) is 16.9. The average molecular weight is 515 g/mol. The van der Waals surface area contributed by atoms with Gasteiger partial charge in [0.25, 0.3) is 0 Å². The van der Waals surface area contributed by atoms with Crippen molar-refractivity contribution in [1.82, 2.24) is 0 Å². The molecule has 1 atom stereocenters. The number of sulfone groups is 1. The number of carbonyl (C=O) groups is 1. The summed E-state index contributed by atoms with van der Waals surface area (Å²) >= 11 is 5.25. The minimum absolute atomic E-state index is 0.364. The minimum Gasteiger partial charge on any atom is -0.467 e. The van der Waals surface area contributed by atoms with Gasteiger partial charge in [-0.3, -0.25) is 0 Å². The van der Waals surface area contributed by atoms with E-state index >= 15 is 0 Å². The van der Waals surface area contributed by atoms with E-state index in [9.17, 15) is 65.9 Å². The third-order valence-electron chi connectivity index (χ3n) is 3.61. The van der Waals surface area contributed by atoms with Crippen molar-refractivity contribution in [3.8, 4) is 0 Å². The highest BCUT2D eigenvalue weighted by atomic mass is 35.5. The molecular weight excluding hydrogens is 504 g/mol. The molecule has 0 aliphatic carbocycles. The zero-order chi connectivity index (χ0) is 24.6. The van der Waals surface area contributed by atoms with Crippen LogP contribution in [0.4, 0.5) is 52.7 Å². The van der Waals surface area contributed by atoms with Gasteiger partial charge >= 0.3 is 36.1 Å². The van der Waals surface area contributed by atoms with Crippen LogP contribution < -0.4 is 0 Å². The van der Waals surface area contributed by atoms with Crippen LogP contribution in [-0.4, -0.2) is 61.6 Å². The van der Waals surface area contributed by atoms with Gasteiger partial charge in [0.15, 0.2) is 9.84 Å². The molecule has 0 rings (SSSR count). The van der Waals surface area contributed by atoms with E-state index in [1.165, 1.54) is 0 Å². The Bertz CT molecular complexity index is 730. The van der Waals surface area contributed by atoms with Crippen LogP contribution in [0.15, 0.2) is 0 Å². The highest BCUT2D eigenvalue weighted by Gasteiger charge is 2.81. The van der Waals surface area contributed by atoms with Crippen molar-refractivity contribution in [1.29, 1.82) is 0 Å². The van der Waals surface area contributed by atoms with Crippen LogP contribution >= 0.6 is 11.6 Å². The number of hydrogen-bond acceptors (Lipinski definition) is 4. The van der Waals surface area contributed by atoms with E-state index in [4.69, 9.17) is 11.6 Å². The Morgan fingerprint density at radius 1 is 0.800 bits per heavy atom. The Kier molecular flexibility index (Phi) is 8.11. The van der Waals surface area contributed by atoms with Crippen LogP contribution in [0.2, 0.25) is 0 Å². The zero-order valence-corrected chi connectivity index (χ0v) is 15.9. The lowest BCUT2D eigenvalue weighted by Gasteiger charge is -2.35. The largest absolute Gasteiger partial charge is 0.467 e. The lowest BCUT2D eigenvalue weighted by atomic mass is 9.98. The van der Waals surface area contributed by atoms with Gasteiger partial charge in [0.05, 0.1) is 19.3 Å². The van der Waals surface area contributed by atoms with E-state index < -0.39 is 75.1 Å². The topological polar surface area (TPSA) is 60.4 Å². The number of methoxy groups -OCH3 is 1. The van der Waals surface area contributed by atoms with Crippen LogP contribution in [0.5, 0.6) is 0 Å². The SMILES string of the molecule is COC(=O)C(Cl)(CCC(F)(F)C(F)(F)C(F)(F)C(F)(F)F)S(=O)(=O)CCC(F)(F)F. The predicted octanol–water partition coefficient (Wildman–Crippen LogP) is 4.71. The number of alkyl halides is 13. The summed E-state index contributed by atoms with van der Waals surface area (Å²) < 4.78 is 176. The van der Waals surface area contributed by atoms with Gasteiger partial charge in [-0.05, 0) is 6.42 Å². The Hall–Kier alpha value is -1.13. The molecule has 30 heavy (non-hydrogen) atoms. The highest BCUT2D eigenvalue weighted by Crippen LogP contribution is 2.55. The maximum absolute atomic E-state index is 13.6. The minimum atomic E-state index is -7.29. The molecule has 0 spiro atoms. The van der Waals surface area contributed by atoms with Gasteiger partial charge in [0.2, 0.25) is 4.21 Å². The summed E-state index contributed by atoms with van der Waals surface area (Å²) in [5.41, 5.74) is 0. The zero-order valence-electron chi connectivity index (χ0n) is 14.3. The van der Waals surface area contributed by atoms with Crippen LogP contribution in [0, 0.1) is 0 Å². The second kappa shape index (κ2) is 8.43. The molecule has 0 aromatic carbocycles. The van der Waals surface area contributed by atoms with Crippen LogP contribution in [0.1, 0.15) is 19.3 Å². The molecule has 0 aliphatic rings. The van der Waals surface area contributed by atoms with Gasteiger partial charge in [-0.2, -0.15) is 52.7 Å². The molecule has 0 radical (unpaired) electrons. The Morgan fingerprint density at radius 2 is 1.23 bits per heavy atom. The molecule has 0 saturated carbocycles. The molecule has 0 fully saturated rings. The summed E-state index contributed by atoms with van der Waals surface area (Å²) in [5.74, 6) is -25.0. The molecule has 0 bridgehead atoms.